The second kappa shape index (κ2) is 7.53. The molecule has 0 spiro atoms. The number of anilines is 1. The molecule has 0 atom stereocenters. The second-order valence-corrected chi connectivity index (χ2v) is 6.31. The van der Waals surface area contributed by atoms with Gasteiger partial charge in [-0.15, -0.1) is 6.42 Å². The first-order valence-corrected chi connectivity index (χ1v) is 8.03. The molecular weight excluding hydrogens is 394 g/mol. The average Bonchev–Trinajstić information content (AvgIpc) is 2.46. The molecule has 0 heterocycles. The quantitative estimate of drug-likeness (QED) is 0.691. The summed E-state index contributed by atoms with van der Waals surface area (Å²) in [6.45, 7) is 3.06. The molecule has 0 aliphatic heterocycles. The van der Waals surface area contributed by atoms with Crippen LogP contribution in [0.1, 0.15) is 11.1 Å². The van der Waals surface area contributed by atoms with Crippen LogP contribution in [0.2, 0.25) is 0 Å². The molecule has 0 aromatic heterocycles. The molecule has 0 saturated heterocycles. The van der Waals surface area contributed by atoms with Crippen LogP contribution in [0.5, 0.6) is 5.75 Å². The third kappa shape index (κ3) is 4.52. The molecule has 0 bridgehead atoms. The van der Waals surface area contributed by atoms with Gasteiger partial charge in [0, 0.05) is 12.2 Å². The summed E-state index contributed by atoms with van der Waals surface area (Å²) in [5.41, 5.74) is 3.49. The Morgan fingerprint density at radius 3 is 2.33 bits per heavy atom. The van der Waals surface area contributed by atoms with Crippen LogP contribution in [-0.4, -0.2) is 6.61 Å². The van der Waals surface area contributed by atoms with Gasteiger partial charge >= 0.3 is 0 Å². The minimum atomic E-state index is 0.248. The summed E-state index contributed by atoms with van der Waals surface area (Å²) in [5.74, 6) is 3.19. The maximum absolute atomic E-state index is 5.50. The first-order chi connectivity index (χ1) is 10.1. The monoisotopic (exact) mass is 407 g/mol. The summed E-state index contributed by atoms with van der Waals surface area (Å²) in [6, 6.07) is 12.4. The molecular formula is C17H15Br2NO. The smallest absolute Gasteiger partial charge is 0.149 e. The van der Waals surface area contributed by atoms with E-state index in [0.29, 0.717) is 0 Å². The van der Waals surface area contributed by atoms with Crippen molar-refractivity contribution in [3.05, 3.63) is 56.5 Å². The molecule has 0 radical (unpaired) electrons. The molecule has 0 saturated carbocycles. The Bertz CT molecular complexity index is 636. The fraction of sp³-hybridized carbons (Fsp3) is 0.176. The number of ether oxygens (including phenoxy) is 1. The van der Waals surface area contributed by atoms with E-state index in [1.165, 1.54) is 5.56 Å². The molecule has 4 heteroatoms. The van der Waals surface area contributed by atoms with Crippen molar-refractivity contribution in [1.29, 1.82) is 0 Å². The first-order valence-electron chi connectivity index (χ1n) is 6.45. The number of hydrogen-bond acceptors (Lipinski definition) is 2. The number of rotatable bonds is 5. The van der Waals surface area contributed by atoms with E-state index in [2.05, 4.69) is 74.3 Å². The summed E-state index contributed by atoms with van der Waals surface area (Å²) in [5, 5.41) is 3.39. The molecule has 0 aliphatic carbocycles. The van der Waals surface area contributed by atoms with E-state index in [-0.39, 0.29) is 6.61 Å². The van der Waals surface area contributed by atoms with Gasteiger partial charge in [-0.25, -0.2) is 0 Å². The van der Waals surface area contributed by atoms with E-state index >= 15 is 0 Å². The van der Waals surface area contributed by atoms with Crippen LogP contribution >= 0.6 is 31.9 Å². The van der Waals surface area contributed by atoms with Crippen LogP contribution < -0.4 is 10.1 Å². The summed E-state index contributed by atoms with van der Waals surface area (Å²) in [6.07, 6.45) is 5.21. The normalized spacial score (nSPS) is 10.0. The van der Waals surface area contributed by atoms with Crippen molar-refractivity contribution < 1.29 is 4.74 Å². The highest BCUT2D eigenvalue weighted by Crippen LogP contribution is 2.35. The van der Waals surface area contributed by atoms with Gasteiger partial charge in [0.15, 0.2) is 0 Å². The molecule has 21 heavy (non-hydrogen) atoms. The fourth-order valence-electron chi connectivity index (χ4n) is 1.84. The average molecular weight is 409 g/mol. The van der Waals surface area contributed by atoms with Crippen LogP contribution in [0.15, 0.2) is 45.3 Å². The Morgan fingerprint density at radius 1 is 1.14 bits per heavy atom. The summed E-state index contributed by atoms with van der Waals surface area (Å²) < 4.78 is 7.26. The molecule has 0 fully saturated rings. The lowest BCUT2D eigenvalue weighted by Gasteiger charge is -2.12. The van der Waals surface area contributed by atoms with Crippen molar-refractivity contribution >= 4 is 37.5 Å². The zero-order valence-electron chi connectivity index (χ0n) is 11.6. The maximum Gasteiger partial charge on any atom is 0.149 e. The highest BCUT2D eigenvalue weighted by Gasteiger charge is 2.08. The number of hydrogen-bond donors (Lipinski definition) is 1. The molecule has 0 amide bonds. The van der Waals surface area contributed by atoms with Crippen molar-refractivity contribution in [2.24, 2.45) is 0 Å². The largest absolute Gasteiger partial charge is 0.479 e. The SMILES string of the molecule is C#CCOc1c(Br)cc(CNc2ccc(C)cc2)cc1Br. The van der Waals surface area contributed by atoms with Gasteiger partial charge in [0.05, 0.1) is 8.95 Å². The van der Waals surface area contributed by atoms with Gasteiger partial charge < -0.3 is 10.1 Å². The number of halogens is 2. The number of aryl methyl sites for hydroxylation is 1. The van der Waals surface area contributed by atoms with Gasteiger partial charge in [-0.2, -0.15) is 0 Å². The lowest BCUT2D eigenvalue weighted by Crippen LogP contribution is -2.01. The summed E-state index contributed by atoms with van der Waals surface area (Å²) >= 11 is 7.03. The van der Waals surface area contributed by atoms with Gasteiger partial charge in [-0.3, -0.25) is 0 Å². The van der Waals surface area contributed by atoms with Crippen molar-refractivity contribution in [1.82, 2.24) is 0 Å². The topological polar surface area (TPSA) is 21.3 Å². The molecule has 2 rings (SSSR count). The molecule has 2 aromatic rings. The van der Waals surface area contributed by atoms with Gasteiger partial charge in [-0.05, 0) is 68.6 Å². The molecule has 2 aromatic carbocycles. The van der Waals surface area contributed by atoms with Crippen LogP contribution in [0.3, 0.4) is 0 Å². The lowest BCUT2D eigenvalue weighted by molar-refractivity contribution is 0.365. The van der Waals surface area contributed by atoms with E-state index in [0.717, 1.165) is 32.5 Å². The number of nitrogens with one attached hydrogen (secondary N) is 1. The molecule has 0 unspecified atom stereocenters. The molecule has 2 nitrogen and oxygen atoms in total. The summed E-state index contributed by atoms with van der Waals surface area (Å²) in [7, 11) is 0. The van der Waals surface area contributed by atoms with Crippen molar-refractivity contribution in [2.45, 2.75) is 13.5 Å². The lowest BCUT2D eigenvalue weighted by atomic mass is 10.2. The van der Waals surface area contributed by atoms with Crippen LogP contribution in [0.4, 0.5) is 5.69 Å². The predicted molar refractivity (Wildman–Crippen MR) is 94.7 cm³/mol. The number of benzene rings is 2. The van der Waals surface area contributed by atoms with E-state index in [9.17, 15) is 0 Å². The van der Waals surface area contributed by atoms with Crippen LogP contribution in [-0.2, 0) is 6.54 Å². The van der Waals surface area contributed by atoms with Gasteiger partial charge in [-0.1, -0.05) is 23.6 Å². The molecule has 0 aliphatic rings. The van der Waals surface area contributed by atoms with Crippen LogP contribution in [0, 0.1) is 19.3 Å². The third-order valence-electron chi connectivity index (χ3n) is 2.91. The van der Waals surface area contributed by atoms with Crippen molar-refractivity contribution in [3.63, 3.8) is 0 Å². The minimum absolute atomic E-state index is 0.248. The Kier molecular flexibility index (Phi) is 5.72. The first kappa shape index (κ1) is 15.9. The minimum Gasteiger partial charge on any atom is -0.479 e. The predicted octanol–water partition coefficient (Wildman–Crippen LogP) is 5.14. The van der Waals surface area contributed by atoms with Crippen molar-refractivity contribution in [2.75, 3.05) is 11.9 Å². The fourth-order valence-corrected chi connectivity index (χ4v) is 3.35. The van der Waals surface area contributed by atoms with Crippen molar-refractivity contribution in [3.8, 4) is 18.1 Å². The summed E-state index contributed by atoms with van der Waals surface area (Å²) in [4.78, 5) is 0. The number of terminal acetylenes is 1. The van der Waals surface area contributed by atoms with E-state index in [4.69, 9.17) is 11.2 Å². The van der Waals surface area contributed by atoms with E-state index < -0.39 is 0 Å². The van der Waals surface area contributed by atoms with Gasteiger partial charge in [0.1, 0.15) is 12.4 Å². The Hall–Kier alpha value is -1.44. The maximum atomic E-state index is 5.50. The highest BCUT2D eigenvalue weighted by atomic mass is 79.9. The second-order valence-electron chi connectivity index (χ2n) is 4.60. The Labute approximate surface area is 142 Å². The molecule has 1 N–H and O–H groups in total. The van der Waals surface area contributed by atoms with E-state index in [1.54, 1.807) is 0 Å². The van der Waals surface area contributed by atoms with Gasteiger partial charge in [0.25, 0.3) is 0 Å². The zero-order chi connectivity index (χ0) is 15.2. The third-order valence-corrected chi connectivity index (χ3v) is 4.08. The Balaban J connectivity index is 2.07. The highest BCUT2D eigenvalue weighted by molar-refractivity contribution is 9.11. The van der Waals surface area contributed by atoms with Crippen LogP contribution in [0.25, 0.3) is 0 Å². The zero-order valence-corrected chi connectivity index (χ0v) is 14.8. The van der Waals surface area contributed by atoms with E-state index in [1.807, 2.05) is 12.1 Å². The Morgan fingerprint density at radius 2 is 1.76 bits per heavy atom. The standard InChI is InChI=1S/C17H15Br2NO/c1-3-8-21-17-15(18)9-13(10-16(17)19)11-20-14-6-4-12(2)5-7-14/h1,4-7,9-10,20H,8,11H2,2H3. The molecule has 108 valence electrons. The van der Waals surface area contributed by atoms with Gasteiger partial charge in [0.2, 0.25) is 0 Å².